The minimum Gasteiger partial charge on any atom is -0.339 e. The van der Waals surface area contributed by atoms with Crippen LogP contribution in [0.5, 0.6) is 0 Å². The molecule has 126 valence electrons. The van der Waals surface area contributed by atoms with Crippen molar-refractivity contribution in [3.05, 3.63) is 71.9 Å². The monoisotopic (exact) mass is 337 g/mol. The topological polar surface area (TPSA) is 59.2 Å². The van der Waals surface area contributed by atoms with Crippen molar-refractivity contribution < 1.29 is 13.7 Å². The normalized spacial score (nSPS) is 17.2. The lowest BCUT2D eigenvalue weighted by Crippen LogP contribution is -2.24. The molecule has 2 heterocycles. The van der Waals surface area contributed by atoms with Gasteiger partial charge in [-0.25, -0.2) is 4.39 Å². The molecule has 0 saturated carbocycles. The van der Waals surface area contributed by atoms with Crippen molar-refractivity contribution in [1.29, 1.82) is 0 Å². The SMILES string of the molecule is O=C1CC(c2nc(-c3ccc(F)cc3)no2)CN1Cc1ccccc1. The van der Waals surface area contributed by atoms with Crippen molar-refractivity contribution in [1.82, 2.24) is 15.0 Å². The number of carbonyl (C=O) groups excluding carboxylic acids is 1. The number of aromatic nitrogens is 2. The van der Waals surface area contributed by atoms with Crippen molar-refractivity contribution in [2.75, 3.05) is 6.54 Å². The first-order valence-electron chi connectivity index (χ1n) is 8.10. The molecule has 0 spiro atoms. The van der Waals surface area contributed by atoms with E-state index in [-0.39, 0.29) is 17.6 Å². The van der Waals surface area contributed by atoms with Gasteiger partial charge in [0.05, 0.1) is 5.92 Å². The van der Waals surface area contributed by atoms with Gasteiger partial charge in [-0.15, -0.1) is 0 Å². The molecule has 1 fully saturated rings. The Balaban J connectivity index is 1.48. The number of benzene rings is 2. The fraction of sp³-hybridized carbons (Fsp3) is 0.211. The molecule has 1 aromatic heterocycles. The minimum absolute atomic E-state index is 0.0791. The predicted molar refractivity (Wildman–Crippen MR) is 88.9 cm³/mol. The van der Waals surface area contributed by atoms with Crippen LogP contribution in [0.15, 0.2) is 59.1 Å². The standard InChI is InChI=1S/C19H16FN3O2/c20-16-8-6-14(7-9-16)18-21-19(25-22-18)15-10-17(24)23(12-15)11-13-4-2-1-3-5-13/h1-9,15H,10-12H2. The van der Waals surface area contributed by atoms with Crippen LogP contribution in [-0.4, -0.2) is 27.5 Å². The highest BCUT2D eigenvalue weighted by Crippen LogP contribution is 2.29. The Morgan fingerprint density at radius 1 is 1.12 bits per heavy atom. The van der Waals surface area contributed by atoms with Gasteiger partial charge in [0, 0.05) is 25.1 Å². The lowest BCUT2D eigenvalue weighted by Gasteiger charge is -2.15. The van der Waals surface area contributed by atoms with E-state index in [0.29, 0.717) is 36.8 Å². The van der Waals surface area contributed by atoms with Crippen LogP contribution in [0.1, 0.15) is 23.8 Å². The molecular formula is C19H16FN3O2. The van der Waals surface area contributed by atoms with Crippen LogP contribution in [0, 0.1) is 5.82 Å². The van der Waals surface area contributed by atoms with Crippen LogP contribution in [0.25, 0.3) is 11.4 Å². The third-order valence-corrected chi connectivity index (χ3v) is 4.32. The maximum absolute atomic E-state index is 13.0. The third kappa shape index (κ3) is 3.28. The smallest absolute Gasteiger partial charge is 0.232 e. The number of hydrogen-bond donors (Lipinski definition) is 0. The quantitative estimate of drug-likeness (QED) is 0.732. The Kier molecular flexibility index (Phi) is 4.01. The zero-order chi connectivity index (χ0) is 17.2. The first kappa shape index (κ1) is 15.5. The fourth-order valence-corrected chi connectivity index (χ4v) is 3.01. The molecule has 1 amide bonds. The molecule has 2 aromatic carbocycles. The van der Waals surface area contributed by atoms with E-state index in [1.165, 1.54) is 12.1 Å². The number of likely N-dealkylation sites (tertiary alicyclic amines) is 1. The van der Waals surface area contributed by atoms with Gasteiger partial charge in [-0.2, -0.15) is 4.98 Å². The number of nitrogens with zero attached hydrogens (tertiary/aromatic N) is 3. The molecule has 1 atom stereocenters. The molecular weight excluding hydrogens is 321 g/mol. The molecule has 3 aromatic rings. The minimum atomic E-state index is -0.314. The van der Waals surface area contributed by atoms with Gasteiger partial charge in [0.1, 0.15) is 5.82 Å². The second-order valence-corrected chi connectivity index (χ2v) is 6.12. The summed E-state index contributed by atoms with van der Waals surface area (Å²) in [7, 11) is 0. The molecule has 1 saturated heterocycles. The van der Waals surface area contributed by atoms with Gasteiger partial charge in [0.25, 0.3) is 0 Å². The maximum Gasteiger partial charge on any atom is 0.232 e. The van der Waals surface area contributed by atoms with Gasteiger partial charge < -0.3 is 9.42 Å². The molecule has 0 radical (unpaired) electrons. The Bertz CT molecular complexity index is 877. The zero-order valence-corrected chi connectivity index (χ0v) is 13.4. The Morgan fingerprint density at radius 2 is 1.88 bits per heavy atom. The van der Waals surface area contributed by atoms with Crippen molar-refractivity contribution >= 4 is 5.91 Å². The number of rotatable bonds is 4. The summed E-state index contributed by atoms with van der Waals surface area (Å²) in [4.78, 5) is 18.5. The van der Waals surface area contributed by atoms with E-state index >= 15 is 0 Å². The number of carbonyl (C=O) groups is 1. The number of amides is 1. The highest BCUT2D eigenvalue weighted by molar-refractivity contribution is 5.79. The molecule has 4 rings (SSSR count). The Labute approximate surface area is 144 Å². The molecule has 1 aliphatic rings. The highest BCUT2D eigenvalue weighted by Gasteiger charge is 2.34. The zero-order valence-electron chi connectivity index (χ0n) is 13.4. The van der Waals surface area contributed by atoms with Crippen LogP contribution in [0.4, 0.5) is 4.39 Å². The summed E-state index contributed by atoms with van der Waals surface area (Å²) >= 11 is 0. The maximum atomic E-state index is 13.0. The summed E-state index contributed by atoms with van der Waals surface area (Å²) in [6.45, 7) is 1.13. The van der Waals surface area contributed by atoms with Crippen LogP contribution in [0.2, 0.25) is 0 Å². The number of hydrogen-bond acceptors (Lipinski definition) is 4. The van der Waals surface area contributed by atoms with Crippen molar-refractivity contribution in [3.8, 4) is 11.4 Å². The molecule has 0 aliphatic carbocycles. The van der Waals surface area contributed by atoms with Gasteiger partial charge in [0.2, 0.25) is 17.6 Å². The first-order valence-corrected chi connectivity index (χ1v) is 8.10. The van der Waals surface area contributed by atoms with E-state index in [1.54, 1.807) is 12.1 Å². The summed E-state index contributed by atoms with van der Waals surface area (Å²) in [5.74, 6) is 0.505. The van der Waals surface area contributed by atoms with Gasteiger partial charge in [-0.1, -0.05) is 35.5 Å². The summed E-state index contributed by atoms with van der Waals surface area (Å²) in [5.41, 5.74) is 1.77. The molecule has 25 heavy (non-hydrogen) atoms. The second kappa shape index (κ2) is 6.47. The molecule has 5 nitrogen and oxygen atoms in total. The summed E-state index contributed by atoms with van der Waals surface area (Å²) in [6.07, 6.45) is 0.359. The van der Waals surface area contributed by atoms with Gasteiger partial charge in [0.15, 0.2) is 0 Å². The van der Waals surface area contributed by atoms with E-state index in [2.05, 4.69) is 10.1 Å². The lowest BCUT2D eigenvalue weighted by atomic mass is 10.1. The average molecular weight is 337 g/mol. The van der Waals surface area contributed by atoms with E-state index in [9.17, 15) is 9.18 Å². The first-order chi connectivity index (χ1) is 12.2. The Hall–Kier alpha value is -3.02. The van der Waals surface area contributed by atoms with E-state index in [4.69, 9.17) is 4.52 Å². The fourth-order valence-electron chi connectivity index (χ4n) is 3.01. The van der Waals surface area contributed by atoms with Crippen LogP contribution < -0.4 is 0 Å². The predicted octanol–water partition coefficient (Wildman–Crippen LogP) is 3.39. The molecule has 6 heteroatoms. The molecule has 1 unspecified atom stereocenters. The summed E-state index contributed by atoms with van der Waals surface area (Å²) in [6, 6.07) is 15.8. The van der Waals surface area contributed by atoms with Crippen LogP contribution in [-0.2, 0) is 11.3 Å². The van der Waals surface area contributed by atoms with E-state index < -0.39 is 0 Å². The van der Waals surface area contributed by atoms with Crippen LogP contribution in [0.3, 0.4) is 0 Å². The van der Waals surface area contributed by atoms with Gasteiger partial charge in [-0.3, -0.25) is 4.79 Å². The molecule has 0 bridgehead atoms. The third-order valence-electron chi connectivity index (χ3n) is 4.32. The second-order valence-electron chi connectivity index (χ2n) is 6.12. The highest BCUT2D eigenvalue weighted by atomic mass is 19.1. The lowest BCUT2D eigenvalue weighted by molar-refractivity contribution is -0.128. The number of halogens is 1. The van der Waals surface area contributed by atoms with Gasteiger partial charge in [-0.05, 0) is 29.8 Å². The largest absolute Gasteiger partial charge is 0.339 e. The van der Waals surface area contributed by atoms with E-state index in [1.807, 2.05) is 35.2 Å². The summed E-state index contributed by atoms with van der Waals surface area (Å²) < 4.78 is 18.4. The van der Waals surface area contributed by atoms with Crippen LogP contribution >= 0.6 is 0 Å². The Morgan fingerprint density at radius 3 is 2.64 bits per heavy atom. The molecule has 1 aliphatic heterocycles. The van der Waals surface area contributed by atoms with E-state index in [0.717, 1.165) is 5.56 Å². The van der Waals surface area contributed by atoms with Gasteiger partial charge >= 0.3 is 0 Å². The summed E-state index contributed by atoms with van der Waals surface area (Å²) in [5, 5.41) is 3.96. The van der Waals surface area contributed by atoms with Crippen molar-refractivity contribution in [3.63, 3.8) is 0 Å². The van der Waals surface area contributed by atoms with Crippen molar-refractivity contribution in [2.45, 2.75) is 18.9 Å². The average Bonchev–Trinajstić information content (AvgIpc) is 3.24. The van der Waals surface area contributed by atoms with Crippen molar-refractivity contribution in [2.24, 2.45) is 0 Å². The molecule has 0 N–H and O–H groups in total.